The van der Waals surface area contributed by atoms with Gasteiger partial charge in [0.05, 0.1) is 30.5 Å². The third kappa shape index (κ3) is 2.94. The van der Waals surface area contributed by atoms with E-state index in [1.807, 2.05) is 49.4 Å². The lowest BCUT2D eigenvalue weighted by Crippen LogP contribution is -2.49. The van der Waals surface area contributed by atoms with Crippen molar-refractivity contribution in [1.82, 2.24) is 10.2 Å². The highest BCUT2D eigenvalue weighted by Gasteiger charge is 2.71. The maximum atomic E-state index is 13.3. The second-order valence-electron chi connectivity index (χ2n) is 7.86. The molecule has 2 fully saturated rings. The number of carbonyl (C=O) groups is 2. The van der Waals surface area contributed by atoms with Crippen molar-refractivity contribution in [3.63, 3.8) is 0 Å². The Labute approximate surface area is 164 Å². The van der Waals surface area contributed by atoms with E-state index in [0.717, 1.165) is 5.56 Å². The predicted octanol–water partition coefficient (Wildman–Crippen LogP) is 1.09. The summed E-state index contributed by atoms with van der Waals surface area (Å²) in [6.07, 6.45) is 3.36. The molecule has 0 radical (unpaired) electrons. The van der Waals surface area contributed by atoms with Gasteiger partial charge < -0.3 is 24.4 Å². The van der Waals surface area contributed by atoms with E-state index in [-0.39, 0.29) is 18.4 Å². The Morgan fingerprint density at radius 1 is 1.29 bits per heavy atom. The van der Waals surface area contributed by atoms with E-state index >= 15 is 0 Å². The van der Waals surface area contributed by atoms with Gasteiger partial charge in [0, 0.05) is 20.8 Å². The molecule has 0 aromatic heterocycles. The van der Waals surface area contributed by atoms with Crippen molar-refractivity contribution >= 4 is 11.8 Å². The Morgan fingerprint density at radius 3 is 2.68 bits per heavy atom. The van der Waals surface area contributed by atoms with E-state index < -0.39 is 29.3 Å². The summed E-state index contributed by atoms with van der Waals surface area (Å²) in [7, 11) is 3.03. The maximum absolute atomic E-state index is 13.3. The summed E-state index contributed by atoms with van der Waals surface area (Å²) < 4.78 is 16.6. The molecule has 3 heterocycles. The summed E-state index contributed by atoms with van der Waals surface area (Å²) in [5.41, 5.74) is -0.454. The zero-order valence-corrected chi connectivity index (χ0v) is 16.4. The highest BCUT2D eigenvalue weighted by atomic mass is 16.7. The van der Waals surface area contributed by atoms with Crippen LogP contribution in [0.1, 0.15) is 12.5 Å². The molecule has 2 bridgehead atoms. The molecule has 3 aliphatic heterocycles. The number of nitrogens with one attached hydrogen (secondary N) is 1. The topological polar surface area (TPSA) is 77.1 Å². The number of nitrogens with zero attached hydrogens (tertiary/aromatic N) is 1. The number of amides is 2. The first-order chi connectivity index (χ1) is 13.4. The lowest BCUT2D eigenvalue weighted by molar-refractivity contribution is -0.141. The second kappa shape index (κ2) is 6.99. The lowest BCUT2D eigenvalue weighted by atomic mass is 9.72. The fraction of sp³-hybridized carbons (Fsp3) is 0.524. The summed E-state index contributed by atoms with van der Waals surface area (Å²) in [6, 6.07) is 9.85. The zero-order valence-electron chi connectivity index (χ0n) is 16.4. The van der Waals surface area contributed by atoms with Gasteiger partial charge in [0.2, 0.25) is 11.8 Å². The van der Waals surface area contributed by atoms with Crippen LogP contribution in [0.15, 0.2) is 42.5 Å². The molecular weight excluding hydrogens is 360 g/mol. The summed E-state index contributed by atoms with van der Waals surface area (Å²) in [6.45, 7) is 3.05. The van der Waals surface area contributed by atoms with E-state index in [1.165, 1.54) is 14.2 Å². The summed E-state index contributed by atoms with van der Waals surface area (Å²) >= 11 is 0. The van der Waals surface area contributed by atoms with Gasteiger partial charge in [-0.05, 0) is 12.5 Å². The van der Waals surface area contributed by atoms with Crippen molar-refractivity contribution in [3.8, 4) is 0 Å². The number of fused-ring (bicyclic) bond motifs is 1. The first-order valence-electron chi connectivity index (χ1n) is 9.49. The van der Waals surface area contributed by atoms with Crippen molar-refractivity contribution in [3.05, 3.63) is 48.0 Å². The summed E-state index contributed by atoms with van der Waals surface area (Å²) in [5.74, 6) is -1.35. The van der Waals surface area contributed by atoms with E-state index in [2.05, 4.69) is 5.32 Å². The molecule has 28 heavy (non-hydrogen) atoms. The van der Waals surface area contributed by atoms with Gasteiger partial charge in [-0.1, -0.05) is 42.5 Å². The number of rotatable bonds is 7. The van der Waals surface area contributed by atoms with Crippen molar-refractivity contribution in [2.75, 3.05) is 27.3 Å². The van der Waals surface area contributed by atoms with Gasteiger partial charge in [-0.25, -0.2) is 0 Å². The van der Waals surface area contributed by atoms with Crippen LogP contribution < -0.4 is 5.32 Å². The fourth-order valence-corrected chi connectivity index (χ4v) is 4.75. The van der Waals surface area contributed by atoms with Crippen LogP contribution >= 0.6 is 0 Å². The van der Waals surface area contributed by atoms with E-state index in [0.29, 0.717) is 13.1 Å². The number of likely N-dealkylation sites (tertiary alicyclic amines) is 1. The minimum absolute atomic E-state index is 0.0351. The first kappa shape index (κ1) is 19.1. The number of methoxy groups -OCH3 is 2. The summed E-state index contributed by atoms with van der Waals surface area (Å²) in [5, 5.41) is 2.86. The Kier molecular flexibility index (Phi) is 4.77. The first-order valence-corrected chi connectivity index (χ1v) is 9.49. The molecule has 0 saturated carbocycles. The van der Waals surface area contributed by atoms with Crippen molar-refractivity contribution < 1.29 is 23.8 Å². The van der Waals surface area contributed by atoms with Gasteiger partial charge in [-0.2, -0.15) is 0 Å². The number of hydrogen-bond donors (Lipinski definition) is 1. The monoisotopic (exact) mass is 386 g/mol. The van der Waals surface area contributed by atoms with Gasteiger partial charge in [-0.15, -0.1) is 0 Å². The molecule has 2 saturated heterocycles. The zero-order chi connectivity index (χ0) is 19.9. The van der Waals surface area contributed by atoms with Crippen LogP contribution in [0.5, 0.6) is 0 Å². The average molecular weight is 386 g/mol. The Balaban J connectivity index is 1.54. The molecule has 7 heteroatoms. The van der Waals surface area contributed by atoms with Gasteiger partial charge in [0.25, 0.3) is 0 Å². The smallest absolute Gasteiger partial charge is 0.230 e. The van der Waals surface area contributed by atoms with Crippen LogP contribution in [-0.4, -0.2) is 61.5 Å². The third-order valence-electron chi connectivity index (χ3n) is 6.07. The average Bonchev–Trinajstić information content (AvgIpc) is 3.25. The van der Waals surface area contributed by atoms with Crippen LogP contribution in [0.4, 0.5) is 0 Å². The minimum atomic E-state index is -0.779. The lowest BCUT2D eigenvalue weighted by Gasteiger charge is -2.29. The molecule has 4 rings (SSSR count). The molecule has 2 amide bonds. The molecule has 150 valence electrons. The third-order valence-corrected chi connectivity index (χ3v) is 6.07. The highest BCUT2D eigenvalue weighted by molar-refractivity contribution is 5.93. The normalized spacial score (nSPS) is 33.0. The molecule has 4 atom stereocenters. The van der Waals surface area contributed by atoms with Gasteiger partial charge >= 0.3 is 0 Å². The SMILES string of the molecule is COC(CNC(=O)C1C2C(=O)N(Cc3ccccc3)CC23C=CC1(C)O3)OC. The van der Waals surface area contributed by atoms with Crippen molar-refractivity contribution in [2.45, 2.75) is 31.0 Å². The molecule has 1 aromatic carbocycles. The second-order valence-corrected chi connectivity index (χ2v) is 7.86. The van der Waals surface area contributed by atoms with Crippen molar-refractivity contribution in [1.29, 1.82) is 0 Å². The molecule has 3 aliphatic rings. The van der Waals surface area contributed by atoms with Gasteiger partial charge in [-0.3, -0.25) is 9.59 Å². The number of ether oxygens (including phenoxy) is 3. The molecule has 1 N–H and O–H groups in total. The molecule has 1 aromatic rings. The molecular formula is C21H26N2O5. The van der Waals surface area contributed by atoms with Gasteiger partial charge in [0.15, 0.2) is 6.29 Å². The Morgan fingerprint density at radius 2 is 2.00 bits per heavy atom. The quantitative estimate of drug-likeness (QED) is 0.561. The van der Waals surface area contributed by atoms with E-state index in [1.54, 1.807) is 4.90 Å². The van der Waals surface area contributed by atoms with Gasteiger partial charge in [0.1, 0.15) is 5.60 Å². The summed E-state index contributed by atoms with van der Waals surface area (Å²) in [4.78, 5) is 28.1. The standard InChI is InChI=1S/C21H26N2O5/c1-20-9-10-21(28-20)13-23(12-14-7-5-4-6-8-14)19(25)17(21)16(20)18(24)22-11-15(26-2)27-3/h4-10,15-17H,11-13H2,1-3H3,(H,22,24). The number of benzene rings is 1. The molecule has 7 nitrogen and oxygen atoms in total. The minimum Gasteiger partial charge on any atom is -0.357 e. The molecule has 1 spiro atoms. The van der Waals surface area contributed by atoms with Crippen LogP contribution in [0, 0.1) is 11.8 Å². The van der Waals surface area contributed by atoms with Crippen molar-refractivity contribution in [2.24, 2.45) is 11.8 Å². The van der Waals surface area contributed by atoms with Crippen LogP contribution in [0.2, 0.25) is 0 Å². The Hall–Kier alpha value is -2.22. The number of carbonyl (C=O) groups excluding carboxylic acids is 2. The highest BCUT2D eigenvalue weighted by Crippen LogP contribution is 2.57. The molecule has 4 unspecified atom stereocenters. The van der Waals surface area contributed by atoms with Crippen LogP contribution in [0.25, 0.3) is 0 Å². The molecule has 0 aliphatic carbocycles. The fourth-order valence-electron chi connectivity index (χ4n) is 4.75. The van der Waals surface area contributed by atoms with Crippen LogP contribution in [-0.2, 0) is 30.3 Å². The maximum Gasteiger partial charge on any atom is 0.230 e. The number of hydrogen-bond acceptors (Lipinski definition) is 5. The van der Waals surface area contributed by atoms with Crippen LogP contribution in [0.3, 0.4) is 0 Å². The van der Waals surface area contributed by atoms with E-state index in [9.17, 15) is 9.59 Å². The Bertz CT molecular complexity index is 793. The van der Waals surface area contributed by atoms with E-state index in [4.69, 9.17) is 14.2 Å². The predicted molar refractivity (Wildman–Crippen MR) is 101 cm³/mol. The largest absolute Gasteiger partial charge is 0.357 e.